The van der Waals surface area contributed by atoms with Crippen molar-refractivity contribution in [3.63, 3.8) is 0 Å². The molecule has 3 unspecified atom stereocenters. The quantitative estimate of drug-likeness (QED) is 0.544. The number of nitrogens with one attached hydrogen (secondary N) is 1. The van der Waals surface area contributed by atoms with Crippen LogP contribution in [0.5, 0.6) is 0 Å². The van der Waals surface area contributed by atoms with Crippen LogP contribution in [0.3, 0.4) is 0 Å². The number of carbonyl (C=O) groups is 2. The Balaban J connectivity index is 1.92. The molecule has 1 aromatic carbocycles. The van der Waals surface area contributed by atoms with E-state index in [2.05, 4.69) is 30.6 Å². The molecule has 100 valence electrons. The number of hydrogen-bond acceptors (Lipinski definition) is 5. The fourth-order valence-corrected chi connectivity index (χ4v) is 3.55. The lowest BCUT2D eigenvalue weighted by Gasteiger charge is -2.37. The Morgan fingerprint density at radius 3 is 2.16 bits per heavy atom. The second-order valence-electron chi connectivity index (χ2n) is 4.80. The third-order valence-electron chi connectivity index (χ3n) is 3.62. The van der Waals surface area contributed by atoms with Crippen molar-refractivity contribution in [2.75, 3.05) is 0 Å². The van der Waals surface area contributed by atoms with Crippen LogP contribution in [0.4, 0.5) is 0 Å². The van der Waals surface area contributed by atoms with Gasteiger partial charge in [0, 0.05) is 0 Å². The fourth-order valence-electron chi connectivity index (χ4n) is 2.66. The molecule has 2 aliphatic rings. The van der Waals surface area contributed by atoms with E-state index in [0.717, 1.165) is 12.8 Å². The molecule has 0 bridgehead atoms. The molecule has 1 saturated heterocycles. The van der Waals surface area contributed by atoms with Crippen molar-refractivity contribution >= 4 is 37.1 Å². The van der Waals surface area contributed by atoms with Gasteiger partial charge in [-0.2, -0.15) is 25.3 Å². The fraction of sp³-hybridized carbons (Fsp3) is 0.385. The first-order valence-corrected chi connectivity index (χ1v) is 7.22. The molecule has 4 nitrogen and oxygen atoms in total. The Morgan fingerprint density at radius 2 is 1.63 bits per heavy atom. The lowest BCUT2D eigenvalue weighted by atomic mass is 10.1. The van der Waals surface area contributed by atoms with Crippen molar-refractivity contribution in [3.8, 4) is 0 Å². The average molecular weight is 294 g/mol. The van der Waals surface area contributed by atoms with Crippen LogP contribution in [0.2, 0.25) is 0 Å². The summed E-state index contributed by atoms with van der Waals surface area (Å²) in [6.07, 6.45) is 1.53. The second kappa shape index (κ2) is 4.85. The Labute approximate surface area is 122 Å². The standard InChI is InChI=1S/C13H14N2O2S2/c16-12-7-3-1-2-4-8(7)13(17)15(12)9-5-6-10(18)14-11(9)19/h1-4,9-11,14,18-19H,5-6H2. The number of thiol groups is 2. The van der Waals surface area contributed by atoms with Gasteiger partial charge in [0.15, 0.2) is 0 Å². The average Bonchev–Trinajstić information content (AvgIpc) is 2.64. The van der Waals surface area contributed by atoms with Gasteiger partial charge in [-0.15, -0.1) is 0 Å². The van der Waals surface area contributed by atoms with Crippen molar-refractivity contribution in [2.24, 2.45) is 0 Å². The Bertz CT molecular complexity index is 514. The van der Waals surface area contributed by atoms with Crippen LogP contribution >= 0.6 is 25.3 Å². The summed E-state index contributed by atoms with van der Waals surface area (Å²) in [5, 5.41) is 2.98. The van der Waals surface area contributed by atoms with Crippen LogP contribution in [0.15, 0.2) is 24.3 Å². The van der Waals surface area contributed by atoms with E-state index < -0.39 is 0 Å². The minimum Gasteiger partial charge on any atom is -0.292 e. The molecule has 0 spiro atoms. The maximum atomic E-state index is 12.4. The maximum absolute atomic E-state index is 12.4. The van der Waals surface area contributed by atoms with Gasteiger partial charge in [-0.1, -0.05) is 12.1 Å². The normalized spacial score (nSPS) is 30.6. The maximum Gasteiger partial charge on any atom is 0.261 e. The van der Waals surface area contributed by atoms with Crippen LogP contribution < -0.4 is 5.32 Å². The van der Waals surface area contributed by atoms with Crippen LogP contribution in [0.25, 0.3) is 0 Å². The highest BCUT2D eigenvalue weighted by atomic mass is 32.1. The first-order chi connectivity index (χ1) is 9.09. The van der Waals surface area contributed by atoms with Gasteiger partial charge in [-0.05, 0) is 25.0 Å². The third kappa shape index (κ3) is 2.07. The Morgan fingerprint density at radius 1 is 1.05 bits per heavy atom. The summed E-state index contributed by atoms with van der Waals surface area (Å²) in [6.45, 7) is 0. The van der Waals surface area contributed by atoms with E-state index >= 15 is 0 Å². The summed E-state index contributed by atoms with van der Waals surface area (Å²) in [4.78, 5) is 26.1. The topological polar surface area (TPSA) is 49.4 Å². The summed E-state index contributed by atoms with van der Waals surface area (Å²) >= 11 is 8.79. The van der Waals surface area contributed by atoms with Crippen LogP contribution in [-0.4, -0.2) is 33.5 Å². The molecule has 2 amide bonds. The summed E-state index contributed by atoms with van der Waals surface area (Å²) in [6, 6.07) is 6.71. The van der Waals surface area contributed by atoms with Gasteiger partial charge < -0.3 is 0 Å². The molecule has 2 aliphatic heterocycles. The highest BCUT2D eigenvalue weighted by Gasteiger charge is 2.43. The zero-order valence-electron chi connectivity index (χ0n) is 10.1. The highest BCUT2D eigenvalue weighted by Crippen LogP contribution is 2.30. The lowest BCUT2D eigenvalue weighted by molar-refractivity contribution is 0.0546. The van der Waals surface area contributed by atoms with Crippen molar-refractivity contribution < 1.29 is 9.59 Å². The molecule has 1 fully saturated rings. The van der Waals surface area contributed by atoms with Crippen molar-refractivity contribution in [2.45, 2.75) is 29.6 Å². The summed E-state index contributed by atoms with van der Waals surface area (Å²) in [7, 11) is 0. The number of rotatable bonds is 1. The van der Waals surface area contributed by atoms with Crippen LogP contribution in [-0.2, 0) is 0 Å². The molecule has 0 radical (unpaired) electrons. The number of benzene rings is 1. The molecule has 0 aliphatic carbocycles. The summed E-state index contributed by atoms with van der Waals surface area (Å²) in [5.41, 5.74) is 0.974. The molecule has 2 heterocycles. The first-order valence-electron chi connectivity index (χ1n) is 6.18. The number of carbonyl (C=O) groups excluding carboxylic acids is 2. The molecular weight excluding hydrogens is 280 g/mol. The number of amides is 2. The van der Waals surface area contributed by atoms with Crippen molar-refractivity contribution in [1.29, 1.82) is 0 Å². The van der Waals surface area contributed by atoms with Gasteiger partial charge in [0.1, 0.15) is 0 Å². The number of nitrogens with zero attached hydrogens (tertiary/aromatic N) is 1. The molecule has 3 atom stereocenters. The monoisotopic (exact) mass is 294 g/mol. The van der Waals surface area contributed by atoms with Gasteiger partial charge in [-0.3, -0.25) is 19.8 Å². The van der Waals surface area contributed by atoms with E-state index in [0.29, 0.717) is 11.1 Å². The highest BCUT2D eigenvalue weighted by molar-refractivity contribution is 7.81. The first kappa shape index (κ1) is 13.0. The Hall–Kier alpha value is -0.980. The number of hydrogen-bond donors (Lipinski definition) is 3. The molecule has 1 N–H and O–H groups in total. The molecular formula is C13H14N2O2S2. The largest absolute Gasteiger partial charge is 0.292 e. The molecule has 0 saturated carbocycles. The lowest BCUT2D eigenvalue weighted by Crippen LogP contribution is -2.55. The van der Waals surface area contributed by atoms with Crippen molar-refractivity contribution in [3.05, 3.63) is 35.4 Å². The van der Waals surface area contributed by atoms with Gasteiger partial charge in [-0.25, -0.2) is 0 Å². The Kier molecular flexibility index (Phi) is 3.32. The zero-order chi connectivity index (χ0) is 13.6. The second-order valence-corrected chi connectivity index (χ2v) is 5.98. The summed E-state index contributed by atoms with van der Waals surface area (Å²) in [5.74, 6) is -0.437. The molecule has 3 rings (SSSR count). The van der Waals surface area contributed by atoms with Gasteiger partial charge in [0.25, 0.3) is 11.8 Å². The van der Waals surface area contributed by atoms with Crippen molar-refractivity contribution in [1.82, 2.24) is 10.2 Å². The summed E-state index contributed by atoms with van der Waals surface area (Å²) < 4.78 is 0. The predicted molar refractivity (Wildman–Crippen MR) is 78.6 cm³/mol. The van der Waals surface area contributed by atoms with E-state index in [1.54, 1.807) is 24.3 Å². The van der Waals surface area contributed by atoms with Gasteiger partial charge >= 0.3 is 0 Å². The predicted octanol–water partition coefficient (Wildman–Crippen LogP) is 1.55. The van der Waals surface area contributed by atoms with Gasteiger partial charge in [0.05, 0.1) is 27.9 Å². The van der Waals surface area contributed by atoms with Crippen LogP contribution in [0.1, 0.15) is 33.6 Å². The number of imide groups is 1. The van der Waals surface area contributed by atoms with Gasteiger partial charge in [0.2, 0.25) is 0 Å². The molecule has 1 aromatic rings. The minimum absolute atomic E-state index is 0.0638. The molecule has 19 heavy (non-hydrogen) atoms. The zero-order valence-corrected chi connectivity index (χ0v) is 11.9. The molecule has 6 heteroatoms. The van der Waals surface area contributed by atoms with E-state index in [1.165, 1.54) is 4.90 Å². The number of piperidine rings is 1. The van der Waals surface area contributed by atoms with E-state index in [-0.39, 0.29) is 28.6 Å². The minimum atomic E-state index is -0.238. The number of fused-ring (bicyclic) bond motifs is 1. The van der Waals surface area contributed by atoms with E-state index in [4.69, 9.17) is 0 Å². The van der Waals surface area contributed by atoms with Crippen LogP contribution in [0, 0.1) is 0 Å². The molecule has 0 aromatic heterocycles. The van der Waals surface area contributed by atoms with E-state index in [1.807, 2.05) is 0 Å². The van der Waals surface area contributed by atoms with E-state index in [9.17, 15) is 9.59 Å². The third-order valence-corrected chi connectivity index (χ3v) is 4.52. The SMILES string of the molecule is O=C1c2ccccc2C(=O)N1C1CCC(S)NC1S. The smallest absolute Gasteiger partial charge is 0.261 e.